The second-order valence-corrected chi connectivity index (χ2v) is 8.25. The lowest BCUT2D eigenvalue weighted by molar-refractivity contribution is -0.121. The van der Waals surface area contributed by atoms with Crippen LogP contribution in [0.2, 0.25) is 0 Å². The molecule has 2 aromatic heterocycles. The van der Waals surface area contributed by atoms with Gasteiger partial charge in [-0.25, -0.2) is 9.78 Å². The number of fused-ring (bicyclic) bond motifs is 1. The summed E-state index contributed by atoms with van der Waals surface area (Å²) in [7, 11) is 0. The number of hydrogen-bond acceptors (Lipinski definition) is 5. The maximum absolute atomic E-state index is 12.7. The number of carbonyl (C=O) groups is 2. The van der Waals surface area contributed by atoms with E-state index in [0.717, 1.165) is 48.0 Å². The molecular weight excluding hydrogens is 420 g/mol. The van der Waals surface area contributed by atoms with E-state index in [1.54, 1.807) is 12.4 Å². The third-order valence-electron chi connectivity index (χ3n) is 5.94. The molecule has 1 saturated carbocycles. The fourth-order valence-corrected chi connectivity index (χ4v) is 4.09. The van der Waals surface area contributed by atoms with E-state index in [9.17, 15) is 9.59 Å². The van der Waals surface area contributed by atoms with Crippen molar-refractivity contribution in [2.75, 3.05) is 11.9 Å². The third kappa shape index (κ3) is 6.09. The lowest BCUT2D eigenvalue weighted by Crippen LogP contribution is -2.43. The standard InChI is InChI=1S/C24H28N6O3/c25-23(30-24(32)33-15-17-4-2-1-3-5-17)28-14-16-6-8-18(9-7-16)22(31)29-20-11-13-27-21-19(20)10-12-26-21/h1-5,10-13,16,18H,6-9,14-15H2,(H3,25,28,30,32)(H2,26,27,29,31). The lowest BCUT2D eigenvalue weighted by Gasteiger charge is -2.28. The van der Waals surface area contributed by atoms with Crippen LogP contribution in [0.15, 0.2) is 54.9 Å². The Labute approximate surface area is 191 Å². The predicted octanol–water partition coefficient (Wildman–Crippen LogP) is 3.76. The van der Waals surface area contributed by atoms with Gasteiger partial charge in [0, 0.05) is 30.2 Å². The monoisotopic (exact) mass is 448 g/mol. The zero-order valence-electron chi connectivity index (χ0n) is 18.3. The van der Waals surface area contributed by atoms with Crippen LogP contribution in [0.1, 0.15) is 31.2 Å². The number of benzene rings is 1. The molecule has 2 amide bonds. The van der Waals surface area contributed by atoms with Crippen LogP contribution in [-0.2, 0) is 16.1 Å². The topological polar surface area (TPSA) is 132 Å². The molecule has 0 spiro atoms. The van der Waals surface area contributed by atoms with Crippen LogP contribution in [0.25, 0.3) is 11.0 Å². The molecular formula is C24H28N6O3. The van der Waals surface area contributed by atoms with Gasteiger partial charge in [0.2, 0.25) is 5.91 Å². The Bertz CT molecular complexity index is 1110. The predicted molar refractivity (Wildman–Crippen MR) is 126 cm³/mol. The largest absolute Gasteiger partial charge is 0.444 e. The van der Waals surface area contributed by atoms with Gasteiger partial charge in [0.25, 0.3) is 0 Å². The summed E-state index contributed by atoms with van der Waals surface area (Å²) in [6, 6.07) is 13.1. The quantitative estimate of drug-likeness (QED) is 0.289. The number of carbonyl (C=O) groups excluding carboxylic acids is 2. The minimum atomic E-state index is -0.663. The van der Waals surface area contributed by atoms with Crippen molar-refractivity contribution in [3.63, 3.8) is 0 Å². The van der Waals surface area contributed by atoms with Crippen LogP contribution in [0.4, 0.5) is 10.5 Å². The number of aromatic nitrogens is 2. The van der Waals surface area contributed by atoms with Gasteiger partial charge in [-0.2, -0.15) is 0 Å². The number of pyridine rings is 1. The summed E-state index contributed by atoms with van der Waals surface area (Å²) in [4.78, 5) is 31.9. The molecule has 5 N–H and O–H groups in total. The number of alkyl carbamates (subject to hydrolysis) is 1. The summed E-state index contributed by atoms with van der Waals surface area (Å²) in [6.07, 6.45) is 6.17. The lowest BCUT2D eigenvalue weighted by atomic mass is 9.81. The van der Waals surface area contributed by atoms with E-state index in [-0.39, 0.29) is 24.4 Å². The molecule has 0 atom stereocenters. The maximum atomic E-state index is 12.7. The Morgan fingerprint density at radius 2 is 1.88 bits per heavy atom. The van der Waals surface area contributed by atoms with Crippen molar-refractivity contribution >= 4 is 34.7 Å². The highest BCUT2D eigenvalue weighted by atomic mass is 16.5. The van der Waals surface area contributed by atoms with Gasteiger partial charge in [0.05, 0.1) is 5.69 Å². The normalized spacial score (nSPS) is 17.8. The average Bonchev–Trinajstić information content (AvgIpc) is 3.32. The van der Waals surface area contributed by atoms with E-state index in [1.165, 1.54) is 0 Å². The van der Waals surface area contributed by atoms with Gasteiger partial charge in [0.15, 0.2) is 5.96 Å². The van der Waals surface area contributed by atoms with Crippen molar-refractivity contribution in [1.29, 1.82) is 5.41 Å². The highest BCUT2D eigenvalue weighted by molar-refractivity contribution is 6.01. The van der Waals surface area contributed by atoms with Gasteiger partial charge in [-0.1, -0.05) is 30.3 Å². The smallest absolute Gasteiger partial charge is 0.414 e. The zero-order valence-corrected chi connectivity index (χ0v) is 18.3. The molecule has 9 nitrogen and oxygen atoms in total. The number of nitrogens with one attached hydrogen (secondary N) is 5. The Hall–Kier alpha value is -3.88. The number of anilines is 1. The van der Waals surface area contributed by atoms with Crippen LogP contribution in [-0.4, -0.2) is 34.5 Å². The molecule has 1 aliphatic carbocycles. The van der Waals surface area contributed by atoms with E-state index >= 15 is 0 Å². The first-order chi connectivity index (χ1) is 16.1. The van der Waals surface area contributed by atoms with Gasteiger partial charge in [0.1, 0.15) is 12.3 Å². The summed E-state index contributed by atoms with van der Waals surface area (Å²) in [5, 5.41) is 17.2. The van der Waals surface area contributed by atoms with Crippen molar-refractivity contribution in [2.45, 2.75) is 32.3 Å². The molecule has 2 heterocycles. The van der Waals surface area contributed by atoms with Crippen LogP contribution >= 0.6 is 0 Å². The maximum Gasteiger partial charge on any atom is 0.414 e. The number of aromatic amines is 1. The number of nitrogens with zero attached hydrogens (tertiary/aromatic N) is 1. The van der Waals surface area contributed by atoms with Crippen molar-refractivity contribution in [2.24, 2.45) is 11.8 Å². The van der Waals surface area contributed by atoms with Gasteiger partial charge < -0.3 is 20.4 Å². The third-order valence-corrected chi connectivity index (χ3v) is 5.94. The number of ether oxygens (including phenoxy) is 1. The number of guanidine groups is 1. The second kappa shape index (κ2) is 10.6. The summed E-state index contributed by atoms with van der Waals surface area (Å²) < 4.78 is 5.12. The number of hydrogen-bond donors (Lipinski definition) is 5. The van der Waals surface area contributed by atoms with Crippen LogP contribution < -0.4 is 16.0 Å². The average molecular weight is 449 g/mol. The Morgan fingerprint density at radius 1 is 1.09 bits per heavy atom. The molecule has 33 heavy (non-hydrogen) atoms. The van der Waals surface area contributed by atoms with E-state index in [2.05, 4.69) is 25.9 Å². The summed E-state index contributed by atoms with van der Waals surface area (Å²) in [5.74, 6) is 0.259. The number of rotatable bonds is 6. The minimum Gasteiger partial charge on any atom is -0.444 e. The van der Waals surface area contributed by atoms with E-state index in [1.807, 2.05) is 42.5 Å². The second-order valence-electron chi connectivity index (χ2n) is 8.25. The minimum absolute atomic E-state index is 0.0330. The van der Waals surface area contributed by atoms with Crippen LogP contribution in [0, 0.1) is 17.2 Å². The molecule has 0 aliphatic heterocycles. The van der Waals surface area contributed by atoms with Crippen LogP contribution in [0.5, 0.6) is 0 Å². The van der Waals surface area contributed by atoms with E-state index < -0.39 is 6.09 Å². The van der Waals surface area contributed by atoms with Crippen molar-refractivity contribution in [3.05, 3.63) is 60.4 Å². The number of amides is 2. The molecule has 1 fully saturated rings. The Balaban J connectivity index is 1.15. The Kier molecular flexibility index (Phi) is 7.19. The van der Waals surface area contributed by atoms with Crippen molar-refractivity contribution in [3.8, 4) is 0 Å². The zero-order chi connectivity index (χ0) is 23.0. The fourth-order valence-electron chi connectivity index (χ4n) is 4.09. The summed E-state index contributed by atoms with van der Waals surface area (Å²) >= 11 is 0. The van der Waals surface area contributed by atoms with Crippen molar-refractivity contribution in [1.82, 2.24) is 20.6 Å². The summed E-state index contributed by atoms with van der Waals surface area (Å²) in [5.41, 5.74) is 2.41. The fraction of sp³-hybridized carbons (Fsp3) is 0.333. The number of H-pyrrole nitrogens is 1. The van der Waals surface area contributed by atoms with Gasteiger partial charge in [-0.15, -0.1) is 0 Å². The Morgan fingerprint density at radius 3 is 2.67 bits per heavy atom. The van der Waals surface area contributed by atoms with Gasteiger partial charge in [-0.05, 0) is 49.3 Å². The molecule has 0 bridgehead atoms. The first-order valence-corrected chi connectivity index (χ1v) is 11.1. The first-order valence-electron chi connectivity index (χ1n) is 11.1. The SMILES string of the molecule is N=C(NCC1CCC(C(=O)Nc2ccnc3[nH]ccc23)CC1)NC(=O)OCc1ccccc1. The molecule has 3 aromatic rings. The van der Waals surface area contributed by atoms with E-state index in [4.69, 9.17) is 10.1 Å². The summed E-state index contributed by atoms with van der Waals surface area (Å²) in [6.45, 7) is 0.724. The molecule has 1 aliphatic rings. The molecule has 1 aromatic carbocycles. The van der Waals surface area contributed by atoms with Crippen LogP contribution in [0.3, 0.4) is 0 Å². The first kappa shape index (κ1) is 22.3. The highest BCUT2D eigenvalue weighted by Crippen LogP contribution is 2.30. The molecule has 4 rings (SSSR count). The highest BCUT2D eigenvalue weighted by Gasteiger charge is 2.27. The van der Waals surface area contributed by atoms with Gasteiger partial charge in [-0.3, -0.25) is 15.5 Å². The van der Waals surface area contributed by atoms with Crippen molar-refractivity contribution < 1.29 is 14.3 Å². The van der Waals surface area contributed by atoms with E-state index in [0.29, 0.717) is 12.5 Å². The molecule has 0 unspecified atom stereocenters. The molecule has 172 valence electrons. The molecule has 0 saturated heterocycles. The molecule has 0 radical (unpaired) electrons. The molecule has 9 heteroatoms. The van der Waals surface area contributed by atoms with Gasteiger partial charge >= 0.3 is 6.09 Å².